The van der Waals surface area contributed by atoms with Crippen molar-refractivity contribution in [3.63, 3.8) is 0 Å². The molecule has 0 amide bonds. The summed E-state index contributed by atoms with van der Waals surface area (Å²) in [5.41, 5.74) is 8.83. The molecule has 1 aliphatic carbocycles. The van der Waals surface area contributed by atoms with Crippen LogP contribution in [0.25, 0.3) is 0 Å². The van der Waals surface area contributed by atoms with Gasteiger partial charge in [0.1, 0.15) is 5.84 Å². The molecule has 0 spiro atoms. The summed E-state index contributed by atoms with van der Waals surface area (Å²) in [4.78, 5) is 20.5. The van der Waals surface area contributed by atoms with E-state index in [0.717, 1.165) is 25.1 Å². The number of nitrogens with zero attached hydrogens (tertiary/aromatic N) is 2. The van der Waals surface area contributed by atoms with Crippen molar-refractivity contribution in [1.29, 1.82) is 0 Å². The standard InChI is InChI=1S/C30H34N2O/c1-5-11-27(31-30-22(3)19-28(32(30)4)25-13-7-6-8-14-25)29(33)20-23-16-17-24-12-9-10-15-26(24)21(2)18-23/h5-10,12-15,18,21-22,28H,16-17,19-20H2,1-4H3/t11?,21?,22-,28-/m0/s1. The Morgan fingerprint density at radius 1 is 1.09 bits per heavy atom. The Kier molecular flexibility index (Phi) is 7.11. The molecule has 4 rings (SSSR count). The first kappa shape index (κ1) is 23.0. The zero-order valence-electron chi connectivity index (χ0n) is 20.2. The number of aliphatic imine (C=N–C) groups is 1. The van der Waals surface area contributed by atoms with Gasteiger partial charge in [-0.25, -0.2) is 4.99 Å². The van der Waals surface area contributed by atoms with Gasteiger partial charge in [0.15, 0.2) is 11.5 Å². The van der Waals surface area contributed by atoms with Gasteiger partial charge in [-0.1, -0.05) is 85.8 Å². The minimum absolute atomic E-state index is 0.0498. The van der Waals surface area contributed by atoms with E-state index in [9.17, 15) is 4.79 Å². The molecule has 0 radical (unpaired) electrons. The van der Waals surface area contributed by atoms with E-state index in [0.29, 0.717) is 18.0 Å². The number of ketones is 1. The summed E-state index contributed by atoms with van der Waals surface area (Å²) >= 11 is 0. The number of Topliss-reactive ketones (excluding diaryl/α,β-unsaturated/α-hetero) is 1. The maximum Gasteiger partial charge on any atom is 0.193 e. The van der Waals surface area contributed by atoms with Crippen molar-refractivity contribution in [3.05, 3.63) is 100 Å². The Morgan fingerprint density at radius 2 is 1.82 bits per heavy atom. The van der Waals surface area contributed by atoms with E-state index < -0.39 is 0 Å². The van der Waals surface area contributed by atoms with Crippen molar-refractivity contribution in [2.45, 2.75) is 58.4 Å². The van der Waals surface area contributed by atoms with Crippen LogP contribution in [0.15, 0.2) is 88.7 Å². The largest absolute Gasteiger partial charge is 0.356 e. The lowest BCUT2D eigenvalue weighted by molar-refractivity contribution is -0.115. The second kappa shape index (κ2) is 10.2. The van der Waals surface area contributed by atoms with Gasteiger partial charge in [-0.05, 0) is 54.9 Å². The molecular weight excluding hydrogens is 404 g/mol. The number of likely N-dealkylation sites (tertiary alicyclic amines) is 1. The van der Waals surface area contributed by atoms with Gasteiger partial charge in [-0.2, -0.15) is 0 Å². The molecule has 2 aromatic carbocycles. The predicted octanol–water partition coefficient (Wildman–Crippen LogP) is 6.79. The highest BCUT2D eigenvalue weighted by Gasteiger charge is 2.34. The van der Waals surface area contributed by atoms with Crippen LogP contribution < -0.4 is 0 Å². The van der Waals surface area contributed by atoms with Crippen LogP contribution in [0.1, 0.15) is 68.7 Å². The molecule has 3 atom stereocenters. The van der Waals surface area contributed by atoms with Gasteiger partial charge >= 0.3 is 0 Å². The van der Waals surface area contributed by atoms with Crippen LogP contribution in [-0.4, -0.2) is 23.6 Å². The van der Waals surface area contributed by atoms with Crippen molar-refractivity contribution >= 4 is 11.6 Å². The third-order valence-electron chi connectivity index (χ3n) is 6.94. The molecule has 3 nitrogen and oxygen atoms in total. The summed E-state index contributed by atoms with van der Waals surface area (Å²) in [6.07, 6.45) is 7.38. The molecule has 33 heavy (non-hydrogen) atoms. The number of amidine groups is 1. The number of allylic oxidation sites excluding steroid dienone is 3. The van der Waals surface area contributed by atoms with Crippen LogP contribution in [0.3, 0.4) is 0 Å². The molecule has 0 bridgehead atoms. The maximum absolute atomic E-state index is 13.4. The maximum atomic E-state index is 13.4. The van der Waals surface area contributed by atoms with E-state index in [-0.39, 0.29) is 17.7 Å². The number of carbonyl (C=O) groups is 1. The van der Waals surface area contributed by atoms with Gasteiger partial charge in [0, 0.05) is 19.4 Å². The smallest absolute Gasteiger partial charge is 0.193 e. The van der Waals surface area contributed by atoms with Gasteiger partial charge in [-0.3, -0.25) is 4.79 Å². The molecule has 1 unspecified atom stereocenters. The molecule has 170 valence electrons. The molecule has 1 fully saturated rings. The van der Waals surface area contributed by atoms with Crippen LogP contribution in [0.2, 0.25) is 0 Å². The molecule has 0 aromatic heterocycles. The lowest BCUT2D eigenvalue weighted by Crippen LogP contribution is -2.25. The number of rotatable bonds is 5. The summed E-state index contributed by atoms with van der Waals surface area (Å²) in [5, 5.41) is 0. The van der Waals surface area contributed by atoms with E-state index in [1.807, 2.05) is 13.0 Å². The number of carbonyl (C=O) groups excluding carboxylic acids is 1. The highest BCUT2D eigenvalue weighted by Crippen LogP contribution is 2.36. The van der Waals surface area contributed by atoms with Crippen molar-refractivity contribution in [2.24, 2.45) is 10.9 Å². The third-order valence-corrected chi connectivity index (χ3v) is 6.94. The average Bonchev–Trinajstić information content (AvgIpc) is 3.00. The summed E-state index contributed by atoms with van der Waals surface area (Å²) < 4.78 is 0. The highest BCUT2D eigenvalue weighted by molar-refractivity contribution is 6.00. The average molecular weight is 439 g/mol. The Morgan fingerprint density at radius 3 is 2.58 bits per heavy atom. The van der Waals surface area contributed by atoms with Crippen LogP contribution in [0, 0.1) is 5.92 Å². The van der Waals surface area contributed by atoms with E-state index >= 15 is 0 Å². The fourth-order valence-electron chi connectivity index (χ4n) is 5.22. The quantitative estimate of drug-likeness (QED) is 0.292. The number of aryl methyl sites for hydroxylation is 1. The van der Waals surface area contributed by atoms with Crippen molar-refractivity contribution in [1.82, 2.24) is 4.90 Å². The fourth-order valence-corrected chi connectivity index (χ4v) is 5.22. The van der Waals surface area contributed by atoms with Crippen LogP contribution in [0.4, 0.5) is 0 Å². The first-order valence-corrected chi connectivity index (χ1v) is 12.1. The Bertz CT molecular complexity index is 1130. The summed E-state index contributed by atoms with van der Waals surface area (Å²) in [6, 6.07) is 19.5. The normalized spacial score (nSPS) is 23.4. The van der Waals surface area contributed by atoms with E-state index in [1.54, 1.807) is 6.08 Å². The molecule has 0 saturated carbocycles. The summed E-state index contributed by atoms with van der Waals surface area (Å²) in [6.45, 7) is 6.31. The zero-order chi connectivity index (χ0) is 23.4. The lowest BCUT2D eigenvalue weighted by atomic mass is 9.96. The highest BCUT2D eigenvalue weighted by atomic mass is 16.1. The molecule has 3 heteroatoms. The van der Waals surface area contributed by atoms with Gasteiger partial charge in [0.25, 0.3) is 0 Å². The molecular formula is C30H34N2O. The Labute approximate surface area is 198 Å². The summed E-state index contributed by atoms with van der Waals surface area (Å²) in [7, 11) is 2.09. The topological polar surface area (TPSA) is 32.7 Å². The first-order valence-electron chi connectivity index (χ1n) is 12.1. The molecule has 1 heterocycles. The van der Waals surface area contributed by atoms with Crippen LogP contribution in [0.5, 0.6) is 0 Å². The van der Waals surface area contributed by atoms with E-state index in [4.69, 9.17) is 4.99 Å². The van der Waals surface area contributed by atoms with E-state index in [1.165, 1.54) is 22.3 Å². The SMILES string of the molecule is CC=C=C(N=C1[C@@H](C)C[C@@H](c2ccccc2)N1C)C(=O)CC1=CC(C)c2ccccc2CC1. The van der Waals surface area contributed by atoms with Crippen LogP contribution in [-0.2, 0) is 11.2 Å². The lowest BCUT2D eigenvalue weighted by Gasteiger charge is -2.22. The predicted molar refractivity (Wildman–Crippen MR) is 136 cm³/mol. The molecule has 0 N–H and O–H groups in total. The molecule has 1 aliphatic heterocycles. The van der Waals surface area contributed by atoms with Crippen molar-refractivity contribution in [3.8, 4) is 0 Å². The van der Waals surface area contributed by atoms with Gasteiger partial charge in [0.2, 0.25) is 0 Å². The van der Waals surface area contributed by atoms with E-state index in [2.05, 4.69) is 86.1 Å². The second-order valence-electron chi connectivity index (χ2n) is 9.34. The molecule has 1 saturated heterocycles. The zero-order valence-corrected chi connectivity index (χ0v) is 20.2. The molecule has 2 aliphatic rings. The molecule has 2 aromatic rings. The summed E-state index contributed by atoms with van der Waals surface area (Å²) in [5.74, 6) is 1.62. The van der Waals surface area contributed by atoms with Crippen molar-refractivity contribution < 1.29 is 4.79 Å². The minimum atomic E-state index is 0.0498. The second-order valence-corrected chi connectivity index (χ2v) is 9.34. The monoisotopic (exact) mass is 438 g/mol. The van der Waals surface area contributed by atoms with Crippen molar-refractivity contribution in [2.75, 3.05) is 7.05 Å². The number of fused-ring (bicyclic) bond motifs is 1. The third kappa shape index (κ3) is 5.10. The van der Waals surface area contributed by atoms with Gasteiger partial charge < -0.3 is 4.90 Å². The Hall–Kier alpha value is -3.16. The number of hydrogen-bond donors (Lipinski definition) is 0. The minimum Gasteiger partial charge on any atom is -0.356 e. The van der Waals surface area contributed by atoms with Gasteiger partial charge in [-0.15, -0.1) is 0 Å². The Balaban J connectivity index is 1.54. The number of benzene rings is 2. The first-order chi connectivity index (χ1) is 16.0. The number of hydrogen-bond acceptors (Lipinski definition) is 2. The fraction of sp³-hybridized carbons (Fsp3) is 0.367. The van der Waals surface area contributed by atoms with Gasteiger partial charge in [0.05, 0.1) is 6.04 Å². The van der Waals surface area contributed by atoms with Crippen LogP contribution >= 0.6 is 0 Å².